The number of nitrogens with zero attached hydrogens (tertiary/aromatic N) is 1. The average Bonchev–Trinajstić information content (AvgIpc) is 2.78. The number of nitrogens with one attached hydrogen (secondary N) is 1. The lowest BCUT2D eigenvalue weighted by Crippen LogP contribution is -2.44. The number of amides is 1. The molecule has 0 atom stereocenters. The van der Waals surface area contributed by atoms with Crippen molar-refractivity contribution in [2.24, 2.45) is 5.92 Å². The molecule has 0 bridgehead atoms. The van der Waals surface area contributed by atoms with Crippen LogP contribution < -0.4 is 24.4 Å². The number of hydrogen-bond donors (Lipinski definition) is 1. The van der Waals surface area contributed by atoms with E-state index in [2.05, 4.69) is 36.2 Å². The highest BCUT2D eigenvalue weighted by Crippen LogP contribution is 2.36. The Morgan fingerprint density at radius 1 is 1.13 bits per heavy atom. The summed E-state index contributed by atoms with van der Waals surface area (Å²) in [7, 11) is 3.21. The molecular formula is C24H31ClN2O4. The van der Waals surface area contributed by atoms with E-state index >= 15 is 0 Å². The Labute approximate surface area is 189 Å². The number of carbonyl (C=O) groups excluding carboxylic acids is 1. The third kappa shape index (κ3) is 5.97. The van der Waals surface area contributed by atoms with Gasteiger partial charge in [0.15, 0.2) is 11.5 Å². The first-order chi connectivity index (χ1) is 14.9. The van der Waals surface area contributed by atoms with E-state index in [-0.39, 0.29) is 11.9 Å². The predicted molar refractivity (Wildman–Crippen MR) is 124 cm³/mol. The highest BCUT2D eigenvalue weighted by atomic mass is 35.5. The van der Waals surface area contributed by atoms with E-state index in [4.69, 9.17) is 25.8 Å². The van der Waals surface area contributed by atoms with Gasteiger partial charge in [-0.15, -0.1) is 0 Å². The van der Waals surface area contributed by atoms with E-state index < -0.39 is 0 Å². The Balaban J connectivity index is 1.59. The summed E-state index contributed by atoms with van der Waals surface area (Å²) in [6, 6.07) is 11.5. The molecule has 3 rings (SSSR count). The van der Waals surface area contributed by atoms with Crippen LogP contribution in [0.25, 0.3) is 0 Å². The van der Waals surface area contributed by atoms with Gasteiger partial charge in [0.05, 0.1) is 25.8 Å². The van der Waals surface area contributed by atoms with Crippen LogP contribution in [0.3, 0.4) is 0 Å². The first kappa shape index (κ1) is 23.1. The quantitative estimate of drug-likeness (QED) is 0.631. The van der Waals surface area contributed by atoms with Gasteiger partial charge in [-0.2, -0.15) is 0 Å². The molecule has 1 heterocycles. The maximum Gasteiger partial charge on any atom is 0.251 e. The van der Waals surface area contributed by atoms with Crippen LogP contribution in [0.1, 0.15) is 37.0 Å². The minimum absolute atomic E-state index is 0.114. The number of carbonyl (C=O) groups is 1. The number of methoxy groups -OCH3 is 2. The fraction of sp³-hybridized carbons (Fsp3) is 0.458. The fourth-order valence-electron chi connectivity index (χ4n) is 3.58. The fourth-order valence-corrected chi connectivity index (χ4v) is 3.85. The second kappa shape index (κ2) is 10.6. The molecule has 2 aromatic rings. The lowest BCUT2D eigenvalue weighted by atomic mass is 10.0. The standard InChI is InChI=1S/C24H31ClN2O4/c1-16(2)15-31-23-21(25)13-17(14-22(23)30-4)24(28)26-18-9-11-27(12-10-18)19-5-7-20(29-3)8-6-19/h5-8,13-14,16,18H,9-12,15H2,1-4H3,(H,26,28). The largest absolute Gasteiger partial charge is 0.497 e. The summed E-state index contributed by atoms with van der Waals surface area (Å²) in [5.41, 5.74) is 1.63. The highest BCUT2D eigenvalue weighted by molar-refractivity contribution is 6.32. The summed E-state index contributed by atoms with van der Waals surface area (Å²) in [5, 5.41) is 3.51. The van der Waals surface area contributed by atoms with Crippen molar-refractivity contribution in [1.82, 2.24) is 5.32 Å². The van der Waals surface area contributed by atoms with Crippen LogP contribution in [0.5, 0.6) is 17.2 Å². The second-order valence-electron chi connectivity index (χ2n) is 8.13. The number of halogens is 1. The molecule has 0 spiro atoms. The summed E-state index contributed by atoms with van der Waals surface area (Å²) in [6.45, 7) is 6.39. The monoisotopic (exact) mass is 446 g/mol. The molecule has 1 aliphatic heterocycles. The number of rotatable bonds is 8. The molecule has 0 aromatic heterocycles. The van der Waals surface area contributed by atoms with Gasteiger partial charge in [0.25, 0.3) is 5.91 Å². The topological polar surface area (TPSA) is 60.0 Å². The van der Waals surface area contributed by atoms with Crippen molar-refractivity contribution in [2.45, 2.75) is 32.7 Å². The molecule has 1 saturated heterocycles. The van der Waals surface area contributed by atoms with E-state index in [1.54, 1.807) is 26.4 Å². The van der Waals surface area contributed by atoms with Gasteiger partial charge in [-0.1, -0.05) is 25.4 Å². The van der Waals surface area contributed by atoms with E-state index in [0.29, 0.717) is 34.6 Å². The van der Waals surface area contributed by atoms with E-state index in [9.17, 15) is 4.79 Å². The lowest BCUT2D eigenvalue weighted by Gasteiger charge is -2.34. The van der Waals surface area contributed by atoms with E-state index in [1.807, 2.05) is 12.1 Å². The molecule has 0 unspecified atom stereocenters. The van der Waals surface area contributed by atoms with Gasteiger partial charge in [0.2, 0.25) is 0 Å². The number of benzene rings is 2. The summed E-state index contributed by atoms with van der Waals surface area (Å²) >= 11 is 6.39. The van der Waals surface area contributed by atoms with Crippen LogP contribution >= 0.6 is 11.6 Å². The molecule has 1 N–H and O–H groups in total. The summed E-state index contributed by atoms with van der Waals surface area (Å²) in [4.78, 5) is 15.2. The zero-order valence-corrected chi connectivity index (χ0v) is 19.4. The van der Waals surface area contributed by atoms with Crippen LogP contribution in [-0.4, -0.2) is 45.9 Å². The zero-order chi connectivity index (χ0) is 22.4. The summed E-state index contributed by atoms with van der Waals surface area (Å²) < 4.78 is 16.4. The molecule has 2 aromatic carbocycles. The molecule has 31 heavy (non-hydrogen) atoms. The molecule has 168 valence electrons. The maximum atomic E-state index is 12.8. The normalized spacial score (nSPS) is 14.5. The number of piperidine rings is 1. The van der Waals surface area contributed by atoms with Gasteiger partial charge in [-0.05, 0) is 55.2 Å². The minimum Gasteiger partial charge on any atom is -0.497 e. The van der Waals surface area contributed by atoms with Crippen LogP contribution in [-0.2, 0) is 0 Å². The van der Waals surface area contributed by atoms with Gasteiger partial charge in [-0.25, -0.2) is 0 Å². The van der Waals surface area contributed by atoms with Crippen molar-refractivity contribution in [1.29, 1.82) is 0 Å². The molecule has 0 saturated carbocycles. The maximum absolute atomic E-state index is 12.8. The lowest BCUT2D eigenvalue weighted by molar-refractivity contribution is 0.0930. The van der Waals surface area contributed by atoms with Crippen LogP contribution in [0, 0.1) is 5.92 Å². The molecule has 7 heteroatoms. The third-order valence-electron chi connectivity index (χ3n) is 5.32. The molecule has 6 nitrogen and oxygen atoms in total. The number of ether oxygens (including phenoxy) is 3. The average molecular weight is 447 g/mol. The van der Waals surface area contributed by atoms with Crippen LogP contribution in [0.15, 0.2) is 36.4 Å². The van der Waals surface area contributed by atoms with Crippen molar-refractivity contribution in [3.63, 3.8) is 0 Å². The molecule has 1 amide bonds. The Morgan fingerprint density at radius 2 is 1.81 bits per heavy atom. The molecule has 1 aliphatic rings. The third-order valence-corrected chi connectivity index (χ3v) is 5.60. The van der Waals surface area contributed by atoms with Crippen molar-refractivity contribution in [2.75, 3.05) is 38.8 Å². The van der Waals surface area contributed by atoms with Crippen LogP contribution in [0.2, 0.25) is 5.02 Å². The van der Waals surface area contributed by atoms with Crippen molar-refractivity contribution < 1.29 is 19.0 Å². The van der Waals surface area contributed by atoms with Gasteiger partial charge in [0.1, 0.15) is 5.75 Å². The smallest absolute Gasteiger partial charge is 0.251 e. The Kier molecular flexibility index (Phi) is 7.91. The van der Waals surface area contributed by atoms with Crippen molar-refractivity contribution in [3.05, 3.63) is 47.0 Å². The van der Waals surface area contributed by atoms with E-state index in [1.165, 1.54) is 5.69 Å². The first-order valence-electron chi connectivity index (χ1n) is 10.6. The molecule has 0 radical (unpaired) electrons. The van der Waals surface area contributed by atoms with Gasteiger partial charge >= 0.3 is 0 Å². The Morgan fingerprint density at radius 3 is 2.39 bits per heavy atom. The predicted octanol–water partition coefficient (Wildman–Crippen LogP) is 4.79. The van der Waals surface area contributed by atoms with Gasteiger partial charge < -0.3 is 24.4 Å². The van der Waals surface area contributed by atoms with E-state index in [0.717, 1.165) is 31.7 Å². The van der Waals surface area contributed by atoms with Crippen LogP contribution in [0.4, 0.5) is 5.69 Å². The zero-order valence-electron chi connectivity index (χ0n) is 18.6. The van der Waals surface area contributed by atoms with Gasteiger partial charge in [-0.3, -0.25) is 4.79 Å². The van der Waals surface area contributed by atoms with Crippen molar-refractivity contribution in [3.8, 4) is 17.2 Å². The first-order valence-corrected chi connectivity index (χ1v) is 11.0. The number of hydrogen-bond acceptors (Lipinski definition) is 5. The summed E-state index contributed by atoms with van der Waals surface area (Å²) in [5.74, 6) is 1.99. The molecular weight excluding hydrogens is 416 g/mol. The summed E-state index contributed by atoms with van der Waals surface area (Å²) in [6.07, 6.45) is 1.75. The molecule has 1 fully saturated rings. The SMILES string of the molecule is COc1ccc(N2CCC(NC(=O)c3cc(Cl)c(OCC(C)C)c(OC)c3)CC2)cc1. The minimum atomic E-state index is -0.154. The Bertz CT molecular complexity index is 878. The second-order valence-corrected chi connectivity index (χ2v) is 8.53. The molecule has 0 aliphatic carbocycles. The van der Waals surface area contributed by atoms with Gasteiger partial charge in [0, 0.05) is 30.4 Å². The number of anilines is 1. The van der Waals surface area contributed by atoms with Crippen molar-refractivity contribution >= 4 is 23.2 Å². The Hall–Kier alpha value is -2.60. The highest BCUT2D eigenvalue weighted by Gasteiger charge is 2.23.